The van der Waals surface area contributed by atoms with Crippen LogP contribution in [0.1, 0.15) is 16.9 Å². The lowest BCUT2D eigenvalue weighted by atomic mass is 10.2. The Bertz CT molecular complexity index is 1060. The first-order chi connectivity index (χ1) is 15.5. The first-order valence-corrected chi connectivity index (χ1v) is 12.7. The number of carbonyl (C=O) groups is 1. The fourth-order valence-corrected chi connectivity index (χ4v) is 5.46. The molecule has 1 aromatic heterocycles. The predicted octanol–water partition coefficient (Wildman–Crippen LogP) is 4.00. The van der Waals surface area contributed by atoms with Crippen LogP contribution in [0.15, 0.2) is 83.1 Å². The van der Waals surface area contributed by atoms with Gasteiger partial charge in [0.2, 0.25) is 15.9 Å². The zero-order valence-corrected chi connectivity index (χ0v) is 19.7. The van der Waals surface area contributed by atoms with Crippen molar-refractivity contribution in [3.63, 3.8) is 0 Å². The second kappa shape index (κ2) is 11.9. The molecule has 0 atom stereocenters. The van der Waals surface area contributed by atoms with Crippen molar-refractivity contribution in [3.8, 4) is 0 Å². The molecule has 2 aromatic carbocycles. The Morgan fingerprint density at radius 3 is 2.25 bits per heavy atom. The highest BCUT2D eigenvalue weighted by atomic mass is 32.2. The van der Waals surface area contributed by atoms with E-state index in [1.165, 1.54) is 4.31 Å². The van der Waals surface area contributed by atoms with Gasteiger partial charge in [-0.2, -0.15) is 4.31 Å². The van der Waals surface area contributed by atoms with Gasteiger partial charge in [0.1, 0.15) is 0 Å². The molecule has 32 heavy (non-hydrogen) atoms. The summed E-state index contributed by atoms with van der Waals surface area (Å²) < 4.78 is 32.9. The molecule has 1 heterocycles. The maximum Gasteiger partial charge on any atom is 0.243 e. The summed E-state index contributed by atoms with van der Waals surface area (Å²) in [5.41, 5.74) is 0.995. The summed E-state index contributed by atoms with van der Waals surface area (Å²) in [7, 11) is -2.24. The maximum absolute atomic E-state index is 13.4. The number of amides is 1. The molecule has 0 saturated heterocycles. The Morgan fingerprint density at radius 1 is 0.938 bits per heavy atom. The summed E-state index contributed by atoms with van der Waals surface area (Å²) in [6.45, 7) is 1.24. The molecule has 3 rings (SSSR count). The molecule has 1 amide bonds. The van der Waals surface area contributed by atoms with Gasteiger partial charge in [-0.25, -0.2) is 8.42 Å². The minimum atomic E-state index is -3.81. The minimum absolute atomic E-state index is 0.179. The number of carbonyl (C=O) groups excluding carboxylic acids is 1. The van der Waals surface area contributed by atoms with Gasteiger partial charge >= 0.3 is 0 Å². The van der Waals surface area contributed by atoms with E-state index >= 15 is 0 Å². The highest BCUT2D eigenvalue weighted by molar-refractivity contribution is 7.89. The maximum atomic E-state index is 13.4. The van der Waals surface area contributed by atoms with Gasteiger partial charge in [0.05, 0.1) is 18.0 Å². The molecule has 0 aliphatic heterocycles. The van der Waals surface area contributed by atoms with Crippen molar-refractivity contribution in [1.29, 1.82) is 0 Å². The normalized spacial score (nSPS) is 11.6. The number of hydrogen-bond acceptors (Lipinski definition) is 5. The molecule has 3 aromatic rings. The highest BCUT2D eigenvalue weighted by Crippen LogP contribution is 2.19. The van der Waals surface area contributed by atoms with Gasteiger partial charge in [0, 0.05) is 31.7 Å². The number of rotatable bonds is 12. The van der Waals surface area contributed by atoms with Crippen molar-refractivity contribution in [2.24, 2.45) is 0 Å². The SMILES string of the molecule is COCCCN(CC(=O)N(Cc1ccccc1)Cc1cccs1)S(=O)(=O)c1ccccc1. The number of methoxy groups -OCH3 is 1. The zero-order valence-electron chi connectivity index (χ0n) is 18.1. The fraction of sp³-hybridized carbons (Fsp3) is 0.292. The number of sulfonamides is 1. The average molecular weight is 473 g/mol. The number of benzene rings is 2. The third-order valence-corrected chi connectivity index (χ3v) is 7.66. The van der Waals surface area contributed by atoms with Gasteiger partial charge in [0.15, 0.2) is 0 Å². The van der Waals surface area contributed by atoms with E-state index in [0.29, 0.717) is 26.1 Å². The predicted molar refractivity (Wildman–Crippen MR) is 127 cm³/mol. The van der Waals surface area contributed by atoms with Crippen molar-refractivity contribution in [3.05, 3.63) is 88.6 Å². The van der Waals surface area contributed by atoms with Crippen LogP contribution in [0, 0.1) is 0 Å². The van der Waals surface area contributed by atoms with Crippen LogP contribution in [-0.2, 0) is 32.6 Å². The lowest BCUT2D eigenvalue weighted by Gasteiger charge is -2.27. The molecule has 0 aliphatic carbocycles. The second-order valence-corrected chi connectivity index (χ2v) is 10.3. The largest absolute Gasteiger partial charge is 0.385 e. The minimum Gasteiger partial charge on any atom is -0.385 e. The van der Waals surface area contributed by atoms with Crippen LogP contribution in [0.5, 0.6) is 0 Å². The lowest BCUT2D eigenvalue weighted by molar-refractivity contribution is -0.132. The quantitative estimate of drug-likeness (QED) is 0.374. The average Bonchev–Trinajstić information content (AvgIpc) is 3.32. The lowest BCUT2D eigenvalue weighted by Crippen LogP contribution is -2.43. The first-order valence-electron chi connectivity index (χ1n) is 10.4. The van der Waals surface area contributed by atoms with Crippen LogP contribution in [0.25, 0.3) is 0 Å². The molecule has 0 bridgehead atoms. The van der Waals surface area contributed by atoms with Crippen LogP contribution in [0.3, 0.4) is 0 Å². The van der Waals surface area contributed by atoms with Gasteiger partial charge in [-0.15, -0.1) is 11.3 Å². The van der Waals surface area contributed by atoms with E-state index < -0.39 is 10.0 Å². The molecule has 8 heteroatoms. The van der Waals surface area contributed by atoms with E-state index in [4.69, 9.17) is 4.74 Å². The molecule has 0 radical (unpaired) electrons. The van der Waals surface area contributed by atoms with Crippen molar-refractivity contribution in [2.75, 3.05) is 26.8 Å². The molecule has 170 valence electrons. The van der Waals surface area contributed by atoms with Crippen LogP contribution in [-0.4, -0.2) is 50.3 Å². The van der Waals surface area contributed by atoms with Crippen LogP contribution < -0.4 is 0 Å². The van der Waals surface area contributed by atoms with E-state index in [-0.39, 0.29) is 23.9 Å². The summed E-state index contributed by atoms with van der Waals surface area (Å²) >= 11 is 1.58. The van der Waals surface area contributed by atoms with E-state index in [0.717, 1.165) is 10.4 Å². The Morgan fingerprint density at radius 2 is 1.62 bits per heavy atom. The molecule has 0 N–H and O–H groups in total. The topological polar surface area (TPSA) is 66.9 Å². The smallest absolute Gasteiger partial charge is 0.243 e. The molecule has 0 spiro atoms. The first kappa shape index (κ1) is 24.1. The van der Waals surface area contributed by atoms with Gasteiger partial charge in [-0.1, -0.05) is 54.6 Å². The third-order valence-electron chi connectivity index (χ3n) is 4.94. The monoisotopic (exact) mass is 472 g/mol. The summed E-state index contributed by atoms with van der Waals surface area (Å²) in [6.07, 6.45) is 0.499. The third kappa shape index (κ3) is 6.74. The number of nitrogens with zero attached hydrogens (tertiary/aromatic N) is 2. The molecule has 6 nitrogen and oxygen atoms in total. The van der Waals surface area contributed by atoms with Gasteiger partial charge in [-0.05, 0) is 35.6 Å². The zero-order chi connectivity index (χ0) is 22.8. The van der Waals surface area contributed by atoms with E-state index in [9.17, 15) is 13.2 Å². The molecular weight excluding hydrogens is 444 g/mol. The van der Waals surface area contributed by atoms with Crippen molar-refractivity contribution < 1.29 is 17.9 Å². The van der Waals surface area contributed by atoms with Gasteiger partial charge in [0.25, 0.3) is 0 Å². The molecule has 0 fully saturated rings. The Hall–Kier alpha value is -2.52. The van der Waals surface area contributed by atoms with Gasteiger partial charge in [-0.3, -0.25) is 4.79 Å². The fourth-order valence-electron chi connectivity index (χ4n) is 3.29. The number of hydrogen-bond donors (Lipinski definition) is 0. The highest BCUT2D eigenvalue weighted by Gasteiger charge is 2.28. The van der Waals surface area contributed by atoms with Crippen LogP contribution in [0.4, 0.5) is 0 Å². The Balaban J connectivity index is 1.83. The van der Waals surface area contributed by atoms with E-state index in [1.54, 1.807) is 53.7 Å². The van der Waals surface area contributed by atoms with Crippen LogP contribution in [0.2, 0.25) is 0 Å². The summed E-state index contributed by atoms with van der Waals surface area (Å²) in [6, 6.07) is 21.9. The van der Waals surface area contributed by atoms with E-state index in [2.05, 4.69) is 0 Å². The molecular formula is C24H28N2O4S2. The number of ether oxygens (including phenoxy) is 1. The molecule has 0 unspecified atom stereocenters. The number of thiophene rings is 1. The van der Waals surface area contributed by atoms with Crippen molar-refractivity contribution >= 4 is 27.3 Å². The molecule has 0 aliphatic rings. The Labute approximate surface area is 194 Å². The molecule has 0 saturated carbocycles. The van der Waals surface area contributed by atoms with E-state index in [1.807, 2.05) is 47.8 Å². The van der Waals surface area contributed by atoms with Crippen molar-refractivity contribution in [2.45, 2.75) is 24.4 Å². The summed E-state index contributed by atoms with van der Waals surface area (Å²) in [5, 5.41) is 1.97. The van der Waals surface area contributed by atoms with Crippen LogP contribution >= 0.6 is 11.3 Å². The van der Waals surface area contributed by atoms with Crippen molar-refractivity contribution in [1.82, 2.24) is 9.21 Å². The summed E-state index contributed by atoms with van der Waals surface area (Å²) in [4.78, 5) is 16.3. The second-order valence-electron chi connectivity index (χ2n) is 7.31. The Kier molecular flexibility index (Phi) is 8.99. The van der Waals surface area contributed by atoms with Gasteiger partial charge < -0.3 is 9.64 Å². The standard InChI is InChI=1S/C24H28N2O4S2/c1-30-16-9-15-26(32(28,29)23-13-6-3-7-14-23)20-24(27)25(19-22-12-8-17-31-22)18-21-10-4-2-5-11-21/h2-8,10-14,17H,9,15-16,18-20H2,1H3. The summed E-state index contributed by atoms with van der Waals surface area (Å²) in [5.74, 6) is -0.237.